The third-order valence-corrected chi connectivity index (χ3v) is 5.83. The summed E-state index contributed by atoms with van der Waals surface area (Å²) in [4.78, 5) is 29.7. The number of anilines is 2. The van der Waals surface area contributed by atoms with Crippen molar-refractivity contribution in [2.75, 3.05) is 31.0 Å². The summed E-state index contributed by atoms with van der Waals surface area (Å²) in [5.41, 5.74) is 2.30. The minimum Gasteiger partial charge on any atom is -0.507 e. The lowest BCUT2D eigenvalue weighted by molar-refractivity contribution is -0.132. The fraction of sp³-hybridized carbons (Fsp3) is 0.200. The monoisotopic (exact) mass is 466 g/mol. The van der Waals surface area contributed by atoms with Crippen molar-refractivity contribution in [1.82, 2.24) is 0 Å². The van der Waals surface area contributed by atoms with Crippen molar-refractivity contribution in [3.8, 4) is 5.75 Å². The first-order valence-corrected chi connectivity index (χ1v) is 10.6. The lowest BCUT2D eigenvalue weighted by Crippen LogP contribution is -2.29. The molecule has 1 unspecified atom stereocenters. The molecule has 1 amide bonds. The number of amides is 1. The molecule has 0 bridgehead atoms. The molecule has 0 radical (unpaired) electrons. The van der Waals surface area contributed by atoms with Gasteiger partial charge in [0.1, 0.15) is 23.3 Å². The van der Waals surface area contributed by atoms with Crippen molar-refractivity contribution in [3.05, 3.63) is 82.3 Å². The normalized spacial score (nSPS) is 17.5. The number of aliphatic hydroxyl groups excluding tert-OH is 1. The summed E-state index contributed by atoms with van der Waals surface area (Å²) >= 11 is 6.31. The Kier molecular flexibility index (Phi) is 5.91. The highest BCUT2D eigenvalue weighted by Gasteiger charge is 2.48. The van der Waals surface area contributed by atoms with Gasteiger partial charge in [-0.2, -0.15) is 0 Å². The van der Waals surface area contributed by atoms with Crippen molar-refractivity contribution < 1.29 is 23.8 Å². The molecule has 1 N–H and O–H groups in total. The van der Waals surface area contributed by atoms with E-state index in [2.05, 4.69) is 0 Å². The van der Waals surface area contributed by atoms with Crippen LogP contribution in [0.5, 0.6) is 5.75 Å². The van der Waals surface area contributed by atoms with Gasteiger partial charge in [0.15, 0.2) is 0 Å². The van der Waals surface area contributed by atoms with E-state index in [9.17, 15) is 14.7 Å². The molecule has 1 aliphatic rings. The highest BCUT2D eigenvalue weighted by atomic mass is 35.5. The summed E-state index contributed by atoms with van der Waals surface area (Å²) in [5, 5.41) is 11.6. The molecular formula is C25H23ClN2O5. The molecule has 2 aromatic carbocycles. The van der Waals surface area contributed by atoms with Crippen molar-refractivity contribution in [2.45, 2.75) is 13.0 Å². The van der Waals surface area contributed by atoms with Crippen molar-refractivity contribution in [1.29, 1.82) is 0 Å². The fourth-order valence-electron chi connectivity index (χ4n) is 3.98. The average Bonchev–Trinajstić information content (AvgIpc) is 3.40. The number of aliphatic hydroxyl groups is 1. The zero-order valence-electron chi connectivity index (χ0n) is 18.6. The molecule has 3 aromatic rings. The number of benzene rings is 2. The van der Waals surface area contributed by atoms with E-state index in [-0.39, 0.29) is 27.7 Å². The molecule has 4 rings (SSSR count). The Hall–Kier alpha value is -3.71. The average molecular weight is 467 g/mol. The van der Waals surface area contributed by atoms with Gasteiger partial charge < -0.3 is 19.2 Å². The molecule has 1 aromatic heterocycles. The van der Waals surface area contributed by atoms with Crippen LogP contribution in [0.3, 0.4) is 0 Å². The second kappa shape index (κ2) is 8.67. The molecule has 1 aliphatic heterocycles. The first-order valence-electron chi connectivity index (χ1n) is 10.2. The number of rotatable bonds is 5. The summed E-state index contributed by atoms with van der Waals surface area (Å²) in [6.07, 6.45) is 1.45. The molecular weight excluding hydrogens is 444 g/mol. The van der Waals surface area contributed by atoms with Crippen LogP contribution in [-0.4, -0.2) is 38.0 Å². The number of furan rings is 1. The highest BCUT2D eigenvalue weighted by molar-refractivity contribution is 6.51. The number of halogens is 1. The maximum Gasteiger partial charge on any atom is 0.300 e. The summed E-state index contributed by atoms with van der Waals surface area (Å²) in [7, 11) is 5.23. The SMILES string of the molecule is COc1c(Cl)cc(C)cc1/C(O)=C1/C(=O)C(=O)N(c2ccc(N(C)C)cc2)C1c1ccco1. The summed E-state index contributed by atoms with van der Waals surface area (Å²) in [6.45, 7) is 1.80. The molecule has 2 heterocycles. The van der Waals surface area contributed by atoms with Gasteiger partial charge in [0, 0.05) is 25.5 Å². The predicted octanol–water partition coefficient (Wildman–Crippen LogP) is 4.94. The maximum atomic E-state index is 13.2. The summed E-state index contributed by atoms with van der Waals surface area (Å²) in [6, 6.07) is 12.9. The van der Waals surface area contributed by atoms with E-state index in [1.807, 2.05) is 31.1 Å². The van der Waals surface area contributed by atoms with Crippen LogP contribution in [0.1, 0.15) is 22.9 Å². The molecule has 7 nitrogen and oxygen atoms in total. The van der Waals surface area contributed by atoms with E-state index < -0.39 is 17.7 Å². The zero-order valence-corrected chi connectivity index (χ0v) is 19.4. The standard InChI is InChI=1S/C25H23ClN2O5/c1-14-12-17(24(32-4)18(26)13-14)22(29)20-21(19-6-5-11-33-19)28(25(31)23(20)30)16-9-7-15(8-10-16)27(2)3/h5-13,21,29H,1-4H3/b22-20-. The zero-order chi connectivity index (χ0) is 23.9. The minimum absolute atomic E-state index is 0.105. The largest absolute Gasteiger partial charge is 0.507 e. The Morgan fingerprint density at radius 2 is 1.85 bits per heavy atom. The number of ether oxygens (including phenoxy) is 1. The lowest BCUT2D eigenvalue weighted by atomic mass is 9.97. The van der Waals surface area contributed by atoms with E-state index in [0.29, 0.717) is 11.4 Å². The van der Waals surface area contributed by atoms with Crippen LogP contribution in [0.25, 0.3) is 5.76 Å². The number of Topliss-reactive ketones (excluding diaryl/α,β-unsaturated/α-hetero) is 1. The number of hydrogen-bond acceptors (Lipinski definition) is 6. The van der Waals surface area contributed by atoms with Crippen LogP contribution in [0.4, 0.5) is 11.4 Å². The van der Waals surface area contributed by atoms with Crippen LogP contribution in [0.15, 0.2) is 64.8 Å². The van der Waals surface area contributed by atoms with Crippen molar-refractivity contribution in [3.63, 3.8) is 0 Å². The van der Waals surface area contributed by atoms with Gasteiger partial charge in [-0.3, -0.25) is 14.5 Å². The number of carbonyl (C=O) groups is 2. The summed E-state index contributed by atoms with van der Waals surface area (Å²) in [5.74, 6) is -1.44. The number of aryl methyl sites for hydroxylation is 1. The van der Waals surface area contributed by atoms with E-state index in [4.69, 9.17) is 20.8 Å². The van der Waals surface area contributed by atoms with Gasteiger partial charge in [0.2, 0.25) is 0 Å². The number of nitrogens with zero attached hydrogens (tertiary/aromatic N) is 2. The van der Waals surface area contributed by atoms with Crippen LogP contribution >= 0.6 is 11.6 Å². The van der Waals surface area contributed by atoms with E-state index in [1.54, 1.807) is 43.3 Å². The van der Waals surface area contributed by atoms with Gasteiger partial charge >= 0.3 is 0 Å². The molecule has 8 heteroatoms. The molecule has 170 valence electrons. The van der Waals surface area contributed by atoms with Gasteiger partial charge in [0.25, 0.3) is 11.7 Å². The molecule has 1 atom stereocenters. The first-order chi connectivity index (χ1) is 15.7. The molecule has 0 saturated carbocycles. The van der Waals surface area contributed by atoms with Gasteiger partial charge in [-0.1, -0.05) is 11.6 Å². The number of methoxy groups -OCH3 is 1. The lowest BCUT2D eigenvalue weighted by Gasteiger charge is -2.24. The Balaban J connectivity index is 1.94. The molecule has 0 spiro atoms. The number of ketones is 1. The Labute approximate surface area is 196 Å². The molecule has 1 fully saturated rings. The van der Waals surface area contributed by atoms with Crippen LogP contribution in [0.2, 0.25) is 5.02 Å². The second-order valence-corrected chi connectivity index (χ2v) is 8.33. The van der Waals surface area contributed by atoms with E-state index >= 15 is 0 Å². The molecule has 33 heavy (non-hydrogen) atoms. The van der Waals surface area contributed by atoms with Gasteiger partial charge in [0.05, 0.1) is 29.5 Å². The van der Waals surface area contributed by atoms with Crippen molar-refractivity contribution >= 4 is 40.4 Å². The smallest absolute Gasteiger partial charge is 0.300 e. The van der Waals surface area contributed by atoms with Crippen LogP contribution < -0.4 is 14.5 Å². The summed E-state index contributed by atoms with van der Waals surface area (Å²) < 4.78 is 11.0. The highest BCUT2D eigenvalue weighted by Crippen LogP contribution is 2.44. The Bertz CT molecular complexity index is 1250. The minimum atomic E-state index is -0.964. The number of hydrogen-bond donors (Lipinski definition) is 1. The topological polar surface area (TPSA) is 83.2 Å². The third-order valence-electron chi connectivity index (χ3n) is 5.55. The van der Waals surface area contributed by atoms with Gasteiger partial charge in [-0.05, 0) is 61.0 Å². The molecule has 1 saturated heterocycles. The Morgan fingerprint density at radius 3 is 2.42 bits per heavy atom. The van der Waals surface area contributed by atoms with Crippen LogP contribution in [-0.2, 0) is 9.59 Å². The predicted molar refractivity (Wildman–Crippen MR) is 127 cm³/mol. The number of carbonyl (C=O) groups excluding carboxylic acids is 2. The van der Waals surface area contributed by atoms with Gasteiger partial charge in [-0.15, -0.1) is 0 Å². The van der Waals surface area contributed by atoms with E-state index in [0.717, 1.165) is 11.3 Å². The van der Waals surface area contributed by atoms with Gasteiger partial charge in [-0.25, -0.2) is 0 Å². The van der Waals surface area contributed by atoms with Crippen LogP contribution in [0, 0.1) is 6.92 Å². The first kappa shape index (κ1) is 22.5. The van der Waals surface area contributed by atoms with E-state index in [1.165, 1.54) is 18.3 Å². The Morgan fingerprint density at radius 1 is 1.15 bits per heavy atom. The van der Waals surface area contributed by atoms with Crippen molar-refractivity contribution in [2.24, 2.45) is 0 Å². The molecule has 0 aliphatic carbocycles. The third kappa shape index (κ3) is 3.85. The maximum absolute atomic E-state index is 13.2. The fourth-order valence-corrected chi connectivity index (χ4v) is 4.33. The second-order valence-electron chi connectivity index (χ2n) is 7.92. The quantitative estimate of drug-likeness (QED) is 0.325.